The first kappa shape index (κ1) is 25.1. The van der Waals surface area contributed by atoms with Crippen LogP contribution < -0.4 is 4.74 Å². The van der Waals surface area contributed by atoms with Crippen LogP contribution in [-0.4, -0.2) is 65.5 Å². The highest BCUT2D eigenvalue weighted by molar-refractivity contribution is 5.85. The number of hydrogen-bond acceptors (Lipinski definition) is 3. The first-order valence-electron chi connectivity index (χ1n) is 12.6. The summed E-state index contributed by atoms with van der Waals surface area (Å²) in [7, 11) is 0. The number of aromatic amines is 1. The first-order chi connectivity index (χ1) is 17.1. The molecule has 1 fully saturated rings. The number of nitrogens with one attached hydrogen (secondary N) is 1. The Morgan fingerprint density at radius 1 is 1.11 bits per heavy atom. The van der Waals surface area contributed by atoms with E-state index in [1.807, 2.05) is 41.0 Å². The van der Waals surface area contributed by atoms with E-state index >= 15 is 8.78 Å². The molecule has 2 aliphatic rings. The lowest BCUT2D eigenvalue weighted by Crippen LogP contribution is -2.53. The van der Waals surface area contributed by atoms with Crippen molar-refractivity contribution in [3.8, 4) is 5.75 Å². The molecule has 1 N–H and O–H groups in total. The summed E-state index contributed by atoms with van der Waals surface area (Å²) in [5, 5.41) is 1.02. The van der Waals surface area contributed by atoms with Crippen molar-refractivity contribution in [1.29, 1.82) is 0 Å². The molecule has 194 valence electrons. The molecule has 0 spiro atoms. The van der Waals surface area contributed by atoms with Crippen LogP contribution in [-0.2, 0) is 6.42 Å². The van der Waals surface area contributed by atoms with Crippen LogP contribution in [0, 0.1) is 11.6 Å². The van der Waals surface area contributed by atoms with Crippen molar-refractivity contribution < 1.29 is 22.3 Å². The van der Waals surface area contributed by atoms with E-state index in [0.29, 0.717) is 38.2 Å². The summed E-state index contributed by atoms with van der Waals surface area (Å²) in [6, 6.07) is 9.32. The molecule has 2 unspecified atom stereocenters. The third-order valence-electron chi connectivity index (χ3n) is 7.24. The number of halogens is 4. The number of benzene rings is 2. The Morgan fingerprint density at radius 3 is 2.47 bits per heavy atom. The fraction of sp³-hybridized carbons (Fsp3) is 0.500. The highest BCUT2D eigenvalue weighted by Gasteiger charge is 2.41. The van der Waals surface area contributed by atoms with Crippen molar-refractivity contribution >= 4 is 10.9 Å². The average molecular weight is 504 g/mol. The highest BCUT2D eigenvalue weighted by Crippen LogP contribution is 2.43. The summed E-state index contributed by atoms with van der Waals surface area (Å²) >= 11 is 0. The quantitative estimate of drug-likeness (QED) is 0.386. The van der Waals surface area contributed by atoms with Gasteiger partial charge in [-0.2, -0.15) is 0 Å². The second kappa shape index (κ2) is 9.71. The number of ether oxygens (including phenoxy) is 1. The second-order valence-corrected chi connectivity index (χ2v) is 10.8. The van der Waals surface area contributed by atoms with Gasteiger partial charge in [-0.3, -0.25) is 14.2 Å². The number of nitrogens with zero attached hydrogens (tertiary/aromatic N) is 2. The van der Waals surface area contributed by atoms with E-state index in [4.69, 9.17) is 4.74 Å². The largest absolute Gasteiger partial charge is 0.488 e. The van der Waals surface area contributed by atoms with E-state index in [2.05, 4.69) is 4.98 Å². The maximum Gasteiger partial charge on any atom is 0.135 e. The smallest absolute Gasteiger partial charge is 0.135 e. The molecule has 5 rings (SSSR count). The summed E-state index contributed by atoms with van der Waals surface area (Å²) in [4.78, 5) is 7.28. The van der Waals surface area contributed by atoms with Crippen LogP contribution in [0.1, 0.15) is 50.1 Å². The third kappa shape index (κ3) is 4.85. The van der Waals surface area contributed by atoms with Crippen molar-refractivity contribution in [2.24, 2.45) is 0 Å². The minimum Gasteiger partial charge on any atom is -0.488 e. The lowest BCUT2D eigenvalue weighted by atomic mass is 9.87. The Hall–Kier alpha value is -2.58. The number of alkyl halides is 2. The molecule has 0 saturated carbocycles. The van der Waals surface area contributed by atoms with Crippen LogP contribution in [0.4, 0.5) is 17.6 Å². The standard InChI is InChI=1S/C28H33F4N3O/c1-17-11-21-20-7-4-5-8-24(20)33-26(21)27(35(17)16-28(2,3)32)25-22(30)12-18(13-23(25)31)36-19-14-34(15-19)10-6-9-29/h4-5,7-8,12-13,17,19,27,33H,6,9-11,14-16H2,1-3H3. The van der Waals surface area contributed by atoms with Gasteiger partial charge in [-0.05, 0) is 45.2 Å². The monoisotopic (exact) mass is 503 g/mol. The Balaban J connectivity index is 1.50. The molecule has 3 aromatic rings. The topological polar surface area (TPSA) is 31.5 Å². The molecule has 2 atom stereocenters. The number of para-hydroxylation sites is 1. The molecule has 36 heavy (non-hydrogen) atoms. The van der Waals surface area contributed by atoms with Crippen LogP contribution in [0.5, 0.6) is 5.75 Å². The number of H-pyrrole nitrogens is 1. The normalized spacial score (nSPS) is 21.5. The molecule has 1 aromatic heterocycles. The van der Waals surface area contributed by atoms with Crippen molar-refractivity contribution in [3.05, 3.63) is 64.9 Å². The lowest BCUT2D eigenvalue weighted by Gasteiger charge is -2.43. The minimum atomic E-state index is -1.55. The predicted octanol–water partition coefficient (Wildman–Crippen LogP) is 5.95. The Morgan fingerprint density at radius 2 is 1.81 bits per heavy atom. The van der Waals surface area contributed by atoms with Crippen molar-refractivity contribution in [2.75, 3.05) is 32.9 Å². The zero-order valence-electron chi connectivity index (χ0n) is 21.0. The van der Waals surface area contributed by atoms with Crippen LogP contribution in [0.2, 0.25) is 0 Å². The molecule has 0 radical (unpaired) electrons. The van der Waals surface area contributed by atoms with Gasteiger partial charge in [0.05, 0.1) is 12.7 Å². The van der Waals surface area contributed by atoms with Crippen LogP contribution in [0.15, 0.2) is 36.4 Å². The number of likely N-dealkylation sites (tertiary alicyclic amines) is 1. The van der Waals surface area contributed by atoms with E-state index in [1.54, 1.807) is 0 Å². The second-order valence-electron chi connectivity index (χ2n) is 10.8. The molecule has 0 bridgehead atoms. The van der Waals surface area contributed by atoms with Gasteiger partial charge in [-0.25, -0.2) is 13.2 Å². The van der Waals surface area contributed by atoms with Crippen LogP contribution in [0.3, 0.4) is 0 Å². The van der Waals surface area contributed by atoms with Gasteiger partial charge in [-0.1, -0.05) is 18.2 Å². The van der Waals surface area contributed by atoms with E-state index in [9.17, 15) is 8.78 Å². The summed E-state index contributed by atoms with van der Waals surface area (Å²) in [6.45, 7) is 6.45. The first-order valence-corrected chi connectivity index (χ1v) is 12.6. The fourth-order valence-electron chi connectivity index (χ4n) is 5.64. The highest BCUT2D eigenvalue weighted by atomic mass is 19.1. The minimum absolute atomic E-state index is 0.0293. The van der Waals surface area contributed by atoms with Gasteiger partial charge in [0.2, 0.25) is 0 Å². The van der Waals surface area contributed by atoms with Crippen LogP contribution in [0.25, 0.3) is 10.9 Å². The fourth-order valence-corrected chi connectivity index (χ4v) is 5.64. The van der Waals surface area contributed by atoms with E-state index in [1.165, 1.54) is 26.0 Å². The van der Waals surface area contributed by atoms with Gasteiger partial charge in [0.15, 0.2) is 0 Å². The molecule has 2 aromatic carbocycles. The summed E-state index contributed by atoms with van der Waals surface area (Å²) in [6.07, 6.45) is 0.928. The van der Waals surface area contributed by atoms with Gasteiger partial charge >= 0.3 is 0 Å². The average Bonchev–Trinajstić information content (AvgIpc) is 3.14. The Labute approximate surface area is 209 Å². The zero-order chi connectivity index (χ0) is 25.6. The molecule has 0 amide bonds. The third-order valence-corrected chi connectivity index (χ3v) is 7.24. The number of fused-ring (bicyclic) bond motifs is 3. The van der Waals surface area contributed by atoms with Crippen LogP contribution >= 0.6 is 0 Å². The number of aromatic nitrogens is 1. The maximum atomic E-state index is 15.7. The van der Waals surface area contributed by atoms with Gasteiger partial charge in [0, 0.05) is 66.5 Å². The van der Waals surface area contributed by atoms with Crippen molar-refractivity contribution in [1.82, 2.24) is 14.8 Å². The maximum absolute atomic E-state index is 15.7. The number of rotatable bonds is 8. The molecule has 8 heteroatoms. The van der Waals surface area contributed by atoms with Crippen molar-refractivity contribution in [3.63, 3.8) is 0 Å². The van der Waals surface area contributed by atoms with E-state index in [-0.39, 0.29) is 36.7 Å². The molecule has 1 saturated heterocycles. The lowest BCUT2D eigenvalue weighted by molar-refractivity contribution is 0.0179. The molecule has 0 aliphatic carbocycles. The molecular weight excluding hydrogens is 470 g/mol. The van der Waals surface area contributed by atoms with Gasteiger partial charge < -0.3 is 9.72 Å². The summed E-state index contributed by atoms with van der Waals surface area (Å²) in [5.41, 5.74) is 0.948. The van der Waals surface area contributed by atoms with E-state index in [0.717, 1.165) is 16.5 Å². The molecule has 3 heterocycles. The van der Waals surface area contributed by atoms with Gasteiger partial charge in [0.25, 0.3) is 0 Å². The van der Waals surface area contributed by atoms with Crippen molar-refractivity contribution in [2.45, 2.75) is 57.5 Å². The van der Waals surface area contributed by atoms with Gasteiger partial charge in [-0.15, -0.1) is 0 Å². The van der Waals surface area contributed by atoms with E-state index < -0.39 is 23.3 Å². The number of hydrogen-bond donors (Lipinski definition) is 1. The Kier molecular flexibility index (Phi) is 6.76. The summed E-state index contributed by atoms with van der Waals surface area (Å²) in [5.74, 6) is -1.31. The summed E-state index contributed by atoms with van der Waals surface area (Å²) < 4.78 is 64.5. The molecule has 4 nitrogen and oxygen atoms in total. The molecular formula is C28H33F4N3O. The Bertz CT molecular complexity index is 1210. The van der Waals surface area contributed by atoms with Gasteiger partial charge in [0.1, 0.15) is 29.2 Å². The molecule has 2 aliphatic heterocycles. The SMILES string of the molecule is CC1Cc2c([nH]c3ccccc23)C(c2c(F)cc(OC3CN(CCCF)C3)cc2F)N1CC(C)(C)F. The predicted molar refractivity (Wildman–Crippen MR) is 133 cm³/mol. The zero-order valence-corrected chi connectivity index (χ0v) is 21.0.